The second-order valence-corrected chi connectivity index (χ2v) is 7.61. The Morgan fingerprint density at radius 3 is 2.48 bits per heavy atom. The molecule has 1 aromatic carbocycles. The van der Waals surface area contributed by atoms with Gasteiger partial charge < -0.3 is 10.2 Å². The lowest BCUT2D eigenvalue weighted by atomic mass is 10.0. The predicted octanol–water partition coefficient (Wildman–Crippen LogP) is 3.29. The number of carbonyl (C=O) groups is 2. The Balaban J connectivity index is 2.94. The van der Waals surface area contributed by atoms with Gasteiger partial charge in [-0.15, -0.1) is 0 Å². The van der Waals surface area contributed by atoms with E-state index in [0.717, 1.165) is 8.04 Å². The van der Waals surface area contributed by atoms with E-state index in [1.165, 1.54) is 4.90 Å². The number of benzene rings is 1. The summed E-state index contributed by atoms with van der Waals surface area (Å²) in [7, 11) is 3.40. The molecule has 4 nitrogen and oxygen atoms in total. The Labute approximate surface area is 147 Å². The second-order valence-electron chi connectivity index (χ2n) is 5.51. The summed E-state index contributed by atoms with van der Waals surface area (Å²) < 4.78 is 1.70. The minimum atomic E-state index is -0.503. The number of amides is 2. The van der Waals surface area contributed by atoms with Crippen LogP contribution in [0.15, 0.2) is 22.7 Å². The highest BCUT2D eigenvalue weighted by Gasteiger charge is 2.24. The molecular formula is C15H20BrIN2O2. The molecule has 0 aliphatic heterocycles. The molecule has 0 fully saturated rings. The fourth-order valence-electron chi connectivity index (χ4n) is 1.91. The SMILES string of the molecule is CC(C)CC(NC(=O)c1cc(I)ccc1Br)C(=O)N(C)C. The van der Waals surface area contributed by atoms with Crippen LogP contribution in [0.4, 0.5) is 0 Å². The predicted molar refractivity (Wildman–Crippen MR) is 96.3 cm³/mol. The molecule has 0 saturated carbocycles. The largest absolute Gasteiger partial charge is 0.347 e. The van der Waals surface area contributed by atoms with Crippen LogP contribution in [-0.2, 0) is 4.79 Å². The first-order valence-corrected chi connectivity index (χ1v) is 8.56. The molecule has 0 aromatic heterocycles. The molecule has 1 rings (SSSR count). The Morgan fingerprint density at radius 1 is 1.33 bits per heavy atom. The molecule has 116 valence electrons. The molecular weight excluding hydrogens is 447 g/mol. The Hall–Kier alpha value is -0.630. The van der Waals surface area contributed by atoms with Gasteiger partial charge in [0.15, 0.2) is 0 Å². The summed E-state index contributed by atoms with van der Waals surface area (Å²) in [5.41, 5.74) is 0.544. The third-order valence-electron chi connectivity index (χ3n) is 2.92. The van der Waals surface area contributed by atoms with E-state index in [-0.39, 0.29) is 11.8 Å². The number of nitrogens with one attached hydrogen (secondary N) is 1. The average Bonchev–Trinajstić information content (AvgIpc) is 2.39. The molecule has 1 N–H and O–H groups in total. The molecule has 2 amide bonds. The molecule has 0 saturated heterocycles. The van der Waals surface area contributed by atoms with E-state index in [9.17, 15) is 9.59 Å². The average molecular weight is 467 g/mol. The minimum Gasteiger partial charge on any atom is -0.347 e. The van der Waals surface area contributed by atoms with Crippen molar-refractivity contribution in [1.29, 1.82) is 0 Å². The summed E-state index contributed by atoms with van der Waals surface area (Å²) in [4.78, 5) is 26.1. The molecule has 21 heavy (non-hydrogen) atoms. The van der Waals surface area contributed by atoms with Crippen LogP contribution in [-0.4, -0.2) is 36.9 Å². The smallest absolute Gasteiger partial charge is 0.253 e. The maximum absolute atomic E-state index is 12.4. The summed E-state index contributed by atoms with van der Waals surface area (Å²) in [5.74, 6) is -0.00130. The number of hydrogen-bond donors (Lipinski definition) is 1. The Kier molecular flexibility index (Phi) is 7.12. The molecule has 1 atom stereocenters. The van der Waals surface area contributed by atoms with E-state index in [4.69, 9.17) is 0 Å². The van der Waals surface area contributed by atoms with Crippen LogP contribution in [0.1, 0.15) is 30.6 Å². The number of hydrogen-bond acceptors (Lipinski definition) is 2. The van der Waals surface area contributed by atoms with Crippen LogP contribution in [0.5, 0.6) is 0 Å². The monoisotopic (exact) mass is 466 g/mol. The van der Waals surface area contributed by atoms with E-state index < -0.39 is 6.04 Å². The second kappa shape index (κ2) is 8.12. The van der Waals surface area contributed by atoms with Crippen LogP contribution in [0.25, 0.3) is 0 Å². The van der Waals surface area contributed by atoms with Gasteiger partial charge in [-0.3, -0.25) is 9.59 Å². The van der Waals surface area contributed by atoms with Crippen molar-refractivity contribution < 1.29 is 9.59 Å². The highest BCUT2D eigenvalue weighted by atomic mass is 127. The van der Waals surface area contributed by atoms with Crippen LogP contribution in [0.3, 0.4) is 0 Å². The van der Waals surface area contributed by atoms with Gasteiger partial charge in [0.25, 0.3) is 5.91 Å². The van der Waals surface area contributed by atoms with Crippen molar-refractivity contribution in [3.63, 3.8) is 0 Å². The molecule has 0 radical (unpaired) electrons. The van der Waals surface area contributed by atoms with Crippen molar-refractivity contribution in [2.24, 2.45) is 5.92 Å². The first kappa shape index (κ1) is 18.4. The lowest BCUT2D eigenvalue weighted by molar-refractivity contribution is -0.131. The third kappa shape index (κ3) is 5.58. The van der Waals surface area contributed by atoms with E-state index >= 15 is 0 Å². The van der Waals surface area contributed by atoms with Crippen molar-refractivity contribution in [1.82, 2.24) is 10.2 Å². The summed E-state index contributed by atoms with van der Waals surface area (Å²) in [6, 6.07) is 5.05. The third-order valence-corrected chi connectivity index (χ3v) is 4.29. The van der Waals surface area contributed by atoms with Crippen molar-refractivity contribution in [2.75, 3.05) is 14.1 Å². The molecule has 1 unspecified atom stereocenters. The summed E-state index contributed by atoms with van der Waals surface area (Å²) >= 11 is 5.54. The highest BCUT2D eigenvalue weighted by Crippen LogP contribution is 2.20. The topological polar surface area (TPSA) is 49.4 Å². The number of likely N-dealkylation sites (N-methyl/N-ethyl adjacent to an activating group) is 1. The fraction of sp³-hybridized carbons (Fsp3) is 0.467. The zero-order valence-electron chi connectivity index (χ0n) is 12.6. The maximum atomic E-state index is 12.4. The Morgan fingerprint density at radius 2 is 1.95 bits per heavy atom. The summed E-state index contributed by atoms with van der Waals surface area (Å²) in [5, 5.41) is 2.85. The molecule has 6 heteroatoms. The van der Waals surface area contributed by atoms with E-state index in [1.54, 1.807) is 20.2 Å². The minimum absolute atomic E-state index is 0.0844. The summed E-state index contributed by atoms with van der Waals surface area (Å²) in [6.07, 6.45) is 0.615. The first-order valence-electron chi connectivity index (χ1n) is 6.69. The standard InChI is InChI=1S/C15H20BrIN2O2/c1-9(2)7-13(15(21)19(3)4)18-14(20)11-8-10(17)5-6-12(11)16/h5-6,8-9,13H,7H2,1-4H3,(H,18,20). The van der Waals surface area contributed by atoms with Gasteiger partial charge in [0.2, 0.25) is 5.91 Å². The highest BCUT2D eigenvalue weighted by molar-refractivity contribution is 14.1. The van der Waals surface area contributed by atoms with E-state index in [1.807, 2.05) is 26.0 Å². The molecule has 0 heterocycles. The normalized spacial score (nSPS) is 12.1. The van der Waals surface area contributed by atoms with Crippen molar-refractivity contribution in [2.45, 2.75) is 26.3 Å². The van der Waals surface area contributed by atoms with Crippen molar-refractivity contribution in [3.05, 3.63) is 31.8 Å². The van der Waals surface area contributed by atoms with Crippen molar-refractivity contribution in [3.8, 4) is 0 Å². The fourth-order valence-corrected chi connectivity index (χ4v) is 2.83. The first-order chi connectivity index (χ1) is 9.72. The van der Waals surface area contributed by atoms with Gasteiger partial charge in [-0.2, -0.15) is 0 Å². The van der Waals surface area contributed by atoms with Crippen LogP contribution >= 0.6 is 38.5 Å². The number of halogens is 2. The van der Waals surface area contributed by atoms with Gasteiger partial charge in [0.1, 0.15) is 6.04 Å². The maximum Gasteiger partial charge on any atom is 0.253 e. The van der Waals surface area contributed by atoms with Crippen LogP contribution < -0.4 is 5.32 Å². The van der Waals surface area contributed by atoms with Gasteiger partial charge in [-0.05, 0) is 69.1 Å². The van der Waals surface area contributed by atoms with E-state index in [2.05, 4.69) is 43.8 Å². The lowest BCUT2D eigenvalue weighted by Gasteiger charge is -2.23. The Bertz CT molecular complexity index is 532. The van der Waals surface area contributed by atoms with Gasteiger partial charge in [0.05, 0.1) is 5.56 Å². The van der Waals surface area contributed by atoms with Crippen LogP contribution in [0.2, 0.25) is 0 Å². The van der Waals surface area contributed by atoms with Gasteiger partial charge in [0, 0.05) is 22.1 Å². The number of carbonyl (C=O) groups excluding carboxylic acids is 2. The zero-order valence-corrected chi connectivity index (χ0v) is 16.4. The molecule has 0 bridgehead atoms. The van der Waals surface area contributed by atoms with Gasteiger partial charge >= 0.3 is 0 Å². The lowest BCUT2D eigenvalue weighted by Crippen LogP contribution is -2.47. The molecule has 0 aliphatic carbocycles. The summed E-state index contributed by atoms with van der Waals surface area (Å²) in [6.45, 7) is 4.06. The molecule has 0 aliphatic rings. The number of nitrogens with zero attached hydrogens (tertiary/aromatic N) is 1. The van der Waals surface area contributed by atoms with Crippen LogP contribution in [0, 0.1) is 9.49 Å². The van der Waals surface area contributed by atoms with Crippen molar-refractivity contribution >= 4 is 50.3 Å². The zero-order chi connectivity index (χ0) is 16.2. The van der Waals surface area contributed by atoms with Gasteiger partial charge in [-0.1, -0.05) is 13.8 Å². The van der Waals surface area contributed by atoms with Gasteiger partial charge in [-0.25, -0.2) is 0 Å². The number of rotatable bonds is 5. The quantitative estimate of drug-likeness (QED) is 0.677. The van der Waals surface area contributed by atoms with E-state index in [0.29, 0.717) is 17.9 Å². The molecule has 1 aromatic rings. The molecule has 0 spiro atoms.